The highest BCUT2D eigenvalue weighted by molar-refractivity contribution is 6.13. The maximum atomic E-state index is 6.48. The summed E-state index contributed by atoms with van der Waals surface area (Å²) in [6.45, 7) is 0. The van der Waals surface area contributed by atoms with Crippen LogP contribution in [0.25, 0.3) is 89.1 Å². The quantitative estimate of drug-likeness (QED) is 0.197. The topological polar surface area (TPSA) is 51.8 Å². The van der Waals surface area contributed by atoms with Gasteiger partial charge in [-0.1, -0.05) is 146 Å². The average Bonchev–Trinajstić information content (AvgIpc) is 3.53. The van der Waals surface area contributed by atoms with E-state index in [1.807, 2.05) is 72.8 Å². The van der Waals surface area contributed by atoms with Crippen molar-refractivity contribution in [3.8, 4) is 56.4 Å². The van der Waals surface area contributed by atoms with Crippen LogP contribution in [-0.2, 0) is 0 Å². The van der Waals surface area contributed by atoms with Crippen LogP contribution in [-0.4, -0.2) is 15.0 Å². The first-order chi connectivity index (χ1) is 23.3. The molecule has 7 aromatic carbocycles. The van der Waals surface area contributed by atoms with Crippen LogP contribution in [0.4, 0.5) is 0 Å². The minimum atomic E-state index is 0.591. The Bertz CT molecular complexity index is 2490. The second-order valence-electron chi connectivity index (χ2n) is 11.6. The van der Waals surface area contributed by atoms with E-state index in [0.29, 0.717) is 17.5 Å². The summed E-state index contributed by atoms with van der Waals surface area (Å²) in [7, 11) is 0. The van der Waals surface area contributed by atoms with Gasteiger partial charge in [0.25, 0.3) is 0 Å². The Hall–Kier alpha value is -6.39. The highest BCUT2D eigenvalue weighted by atomic mass is 16.3. The van der Waals surface area contributed by atoms with Gasteiger partial charge in [0.05, 0.1) is 0 Å². The van der Waals surface area contributed by atoms with Crippen LogP contribution in [0.1, 0.15) is 0 Å². The molecule has 0 aliphatic rings. The summed E-state index contributed by atoms with van der Waals surface area (Å²) in [5.41, 5.74) is 8.91. The summed E-state index contributed by atoms with van der Waals surface area (Å²) in [6.07, 6.45) is 0. The molecule has 0 unspecified atom stereocenters. The van der Waals surface area contributed by atoms with Crippen molar-refractivity contribution in [1.29, 1.82) is 0 Å². The molecule has 0 radical (unpaired) electrons. The van der Waals surface area contributed by atoms with E-state index in [1.54, 1.807) is 0 Å². The van der Waals surface area contributed by atoms with Crippen molar-refractivity contribution in [3.05, 3.63) is 164 Å². The van der Waals surface area contributed by atoms with Crippen LogP contribution in [0.5, 0.6) is 0 Å². The van der Waals surface area contributed by atoms with Crippen LogP contribution in [0.3, 0.4) is 0 Å². The Morgan fingerprint density at radius 3 is 1.55 bits per heavy atom. The summed E-state index contributed by atoms with van der Waals surface area (Å²) >= 11 is 0. The van der Waals surface area contributed by atoms with Crippen LogP contribution >= 0.6 is 0 Å². The van der Waals surface area contributed by atoms with E-state index in [1.165, 1.54) is 21.9 Å². The Balaban J connectivity index is 1.25. The molecule has 4 heteroatoms. The highest BCUT2D eigenvalue weighted by Gasteiger charge is 2.18. The van der Waals surface area contributed by atoms with Gasteiger partial charge in [0.1, 0.15) is 11.2 Å². The monoisotopic (exact) mass is 601 g/mol. The third-order valence-electron chi connectivity index (χ3n) is 8.73. The Kier molecular flexibility index (Phi) is 6.43. The van der Waals surface area contributed by atoms with Gasteiger partial charge in [0.2, 0.25) is 0 Å². The molecule has 4 nitrogen and oxygen atoms in total. The largest absolute Gasteiger partial charge is 0.456 e. The molecule has 0 fully saturated rings. The minimum absolute atomic E-state index is 0.591. The number of furan rings is 1. The van der Waals surface area contributed by atoms with Crippen molar-refractivity contribution in [3.63, 3.8) is 0 Å². The number of fused-ring (bicyclic) bond motifs is 4. The maximum absolute atomic E-state index is 6.48. The van der Waals surface area contributed by atoms with E-state index in [-0.39, 0.29) is 0 Å². The smallest absolute Gasteiger partial charge is 0.164 e. The van der Waals surface area contributed by atoms with Gasteiger partial charge in [0, 0.05) is 27.5 Å². The van der Waals surface area contributed by atoms with E-state index >= 15 is 0 Å². The summed E-state index contributed by atoms with van der Waals surface area (Å²) in [5, 5.41) is 4.62. The maximum Gasteiger partial charge on any atom is 0.164 e. The molecule has 0 aliphatic carbocycles. The van der Waals surface area contributed by atoms with E-state index < -0.39 is 0 Å². The second-order valence-corrected chi connectivity index (χ2v) is 11.6. The van der Waals surface area contributed by atoms with Gasteiger partial charge >= 0.3 is 0 Å². The van der Waals surface area contributed by atoms with Crippen molar-refractivity contribution >= 4 is 32.7 Å². The van der Waals surface area contributed by atoms with Crippen LogP contribution in [0.15, 0.2) is 168 Å². The first-order valence-electron chi connectivity index (χ1n) is 15.7. The lowest BCUT2D eigenvalue weighted by molar-refractivity contribution is 0.669. The number of hydrogen-bond acceptors (Lipinski definition) is 4. The molecular weight excluding hydrogens is 574 g/mol. The highest BCUT2D eigenvalue weighted by Crippen LogP contribution is 2.41. The molecule has 2 heterocycles. The fourth-order valence-electron chi connectivity index (χ4n) is 6.46. The molecule has 0 bridgehead atoms. The SMILES string of the molecule is c1ccc(-c2nc(-c3ccccc3)nc(-c3cc(-c4ccc(-c5cccc6ccccc56)cc4)c4c(c3)oc3ccccc34)n2)cc1. The molecule has 0 aliphatic heterocycles. The summed E-state index contributed by atoms with van der Waals surface area (Å²) in [5.74, 6) is 1.84. The lowest BCUT2D eigenvalue weighted by Crippen LogP contribution is -2.00. The number of nitrogens with zero attached hydrogens (tertiary/aromatic N) is 3. The minimum Gasteiger partial charge on any atom is -0.456 e. The van der Waals surface area contributed by atoms with E-state index in [2.05, 4.69) is 91.0 Å². The first-order valence-corrected chi connectivity index (χ1v) is 15.7. The molecule has 9 rings (SSSR count). The zero-order valence-corrected chi connectivity index (χ0v) is 25.3. The molecular formula is C43H27N3O. The number of rotatable bonds is 5. The lowest BCUT2D eigenvalue weighted by atomic mass is 9.93. The van der Waals surface area contributed by atoms with Gasteiger partial charge in [0.15, 0.2) is 17.5 Å². The van der Waals surface area contributed by atoms with Crippen molar-refractivity contribution in [2.45, 2.75) is 0 Å². The zero-order chi connectivity index (χ0) is 31.2. The van der Waals surface area contributed by atoms with Crippen molar-refractivity contribution in [2.24, 2.45) is 0 Å². The van der Waals surface area contributed by atoms with Gasteiger partial charge in [-0.3, -0.25) is 0 Å². The van der Waals surface area contributed by atoms with Crippen LogP contribution < -0.4 is 0 Å². The fourth-order valence-corrected chi connectivity index (χ4v) is 6.46. The second kappa shape index (κ2) is 11.2. The normalized spacial score (nSPS) is 11.4. The number of hydrogen-bond donors (Lipinski definition) is 0. The first kappa shape index (κ1) is 27.0. The van der Waals surface area contributed by atoms with Crippen molar-refractivity contribution in [2.75, 3.05) is 0 Å². The molecule has 2 aromatic heterocycles. The molecule has 0 spiro atoms. The molecule has 0 amide bonds. The van der Waals surface area contributed by atoms with Gasteiger partial charge in [-0.25, -0.2) is 15.0 Å². The van der Waals surface area contributed by atoms with Crippen molar-refractivity contribution in [1.82, 2.24) is 15.0 Å². The standard InChI is InChI=1S/C43H27N3O/c1-3-13-31(14-4-1)41-44-42(32-15-5-2-6-16-32)46-43(45-41)33-26-37(40-36-19-9-10-21-38(36)47-39(40)27-33)30-24-22-29(23-25-30)35-20-11-17-28-12-7-8-18-34(28)35/h1-27H. The molecule has 47 heavy (non-hydrogen) atoms. The fraction of sp³-hybridized carbons (Fsp3) is 0. The summed E-state index contributed by atoms with van der Waals surface area (Å²) < 4.78 is 6.48. The predicted molar refractivity (Wildman–Crippen MR) is 192 cm³/mol. The third kappa shape index (κ3) is 4.84. The zero-order valence-electron chi connectivity index (χ0n) is 25.3. The van der Waals surface area contributed by atoms with Crippen LogP contribution in [0.2, 0.25) is 0 Å². The van der Waals surface area contributed by atoms with E-state index in [9.17, 15) is 0 Å². The lowest BCUT2D eigenvalue weighted by Gasteiger charge is -2.12. The van der Waals surface area contributed by atoms with E-state index in [0.717, 1.165) is 49.8 Å². The van der Waals surface area contributed by atoms with Crippen LogP contribution in [0, 0.1) is 0 Å². The Labute approximate surface area is 271 Å². The van der Waals surface area contributed by atoms with Gasteiger partial charge < -0.3 is 4.42 Å². The summed E-state index contributed by atoms with van der Waals surface area (Å²) in [6, 6.07) is 56.4. The molecule has 0 atom stereocenters. The molecule has 0 saturated heterocycles. The van der Waals surface area contributed by atoms with Gasteiger partial charge in [-0.2, -0.15) is 0 Å². The third-order valence-corrected chi connectivity index (χ3v) is 8.73. The van der Waals surface area contributed by atoms with Crippen molar-refractivity contribution < 1.29 is 4.42 Å². The molecule has 220 valence electrons. The number of aromatic nitrogens is 3. The predicted octanol–water partition coefficient (Wildman–Crippen LogP) is 11.3. The number of benzene rings is 7. The number of para-hydroxylation sites is 1. The van der Waals surface area contributed by atoms with Gasteiger partial charge in [-0.05, 0) is 51.2 Å². The Morgan fingerprint density at radius 1 is 0.340 bits per heavy atom. The van der Waals surface area contributed by atoms with Gasteiger partial charge in [-0.15, -0.1) is 0 Å². The summed E-state index contributed by atoms with van der Waals surface area (Å²) in [4.78, 5) is 14.9. The Morgan fingerprint density at radius 2 is 0.872 bits per heavy atom. The van der Waals surface area contributed by atoms with E-state index in [4.69, 9.17) is 19.4 Å². The molecule has 0 N–H and O–H groups in total. The average molecular weight is 602 g/mol. The molecule has 0 saturated carbocycles. The molecule has 9 aromatic rings.